The number of hydrogen-bond acceptors (Lipinski definition) is 3. The van der Waals surface area contributed by atoms with E-state index in [1.165, 1.54) is 11.1 Å². The maximum atomic E-state index is 13.1. The summed E-state index contributed by atoms with van der Waals surface area (Å²) in [5, 5.41) is 7.00. The Hall–Kier alpha value is -3.97. The number of carbonyl (C=O) groups excluding carboxylic acids is 1. The first-order valence-electron chi connectivity index (χ1n) is 12.4. The first-order valence-corrected chi connectivity index (χ1v) is 12.8. The molecule has 37 heavy (non-hydrogen) atoms. The van der Waals surface area contributed by atoms with Crippen LogP contribution in [0.15, 0.2) is 79.0 Å². The Kier molecular flexibility index (Phi) is 6.80. The predicted molar refractivity (Wildman–Crippen MR) is 152 cm³/mol. The van der Waals surface area contributed by atoms with E-state index in [2.05, 4.69) is 72.1 Å². The molecule has 2 atom stereocenters. The first-order chi connectivity index (χ1) is 17.8. The van der Waals surface area contributed by atoms with Gasteiger partial charge in [0.2, 0.25) is 5.91 Å². The summed E-state index contributed by atoms with van der Waals surface area (Å²) in [6.45, 7) is 8.63. The zero-order valence-electron chi connectivity index (χ0n) is 21.5. The summed E-state index contributed by atoms with van der Waals surface area (Å²) in [5.74, 6) is -0.120. The maximum absolute atomic E-state index is 13.1. The van der Waals surface area contributed by atoms with Crippen LogP contribution >= 0.6 is 12.2 Å². The van der Waals surface area contributed by atoms with Crippen molar-refractivity contribution in [1.29, 1.82) is 0 Å². The molecule has 0 radical (unpaired) electrons. The molecule has 0 saturated carbocycles. The lowest BCUT2D eigenvalue weighted by Crippen LogP contribution is -2.37. The molecule has 1 saturated heterocycles. The number of nitrogens with one attached hydrogen (secondary N) is 2. The highest BCUT2D eigenvalue weighted by Gasteiger charge is 2.42. The topological polar surface area (TPSA) is 62.2 Å². The predicted octanol–water partition coefficient (Wildman–Crippen LogP) is 5.72. The maximum Gasteiger partial charge on any atom is 0.244 e. The summed E-state index contributed by atoms with van der Waals surface area (Å²) in [4.78, 5) is 19.7. The Labute approximate surface area is 223 Å². The SMILES string of the molecule is Cc1cc(C)cc(-n2c(C)cc(C3C(c4ccccn4)NC(=S)N3CC(=O)Nc3ccccc3)c2C)c1. The number of aromatic nitrogens is 2. The van der Waals surface area contributed by atoms with Gasteiger partial charge in [-0.1, -0.05) is 30.3 Å². The molecule has 5 rings (SSSR count). The smallest absolute Gasteiger partial charge is 0.244 e. The van der Waals surface area contributed by atoms with Crippen molar-refractivity contribution in [2.24, 2.45) is 0 Å². The van der Waals surface area contributed by atoms with E-state index in [0.29, 0.717) is 5.11 Å². The number of hydrogen-bond donors (Lipinski definition) is 2. The molecule has 7 heteroatoms. The zero-order chi connectivity index (χ0) is 26.1. The molecule has 2 aromatic carbocycles. The first kappa shape index (κ1) is 24.7. The van der Waals surface area contributed by atoms with Gasteiger partial charge in [0.05, 0.1) is 17.8 Å². The van der Waals surface area contributed by atoms with Crippen molar-refractivity contribution in [2.45, 2.75) is 39.8 Å². The molecule has 0 spiro atoms. The number of nitrogens with zero attached hydrogens (tertiary/aromatic N) is 3. The van der Waals surface area contributed by atoms with E-state index in [1.54, 1.807) is 6.20 Å². The van der Waals surface area contributed by atoms with E-state index in [0.717, 1.165) is 34.0 Å². The van der Waals surface area contributed by atoms with Crippen LogP contribution in [0.2, 0.25) is 0 Å². The number of benzene rings is 2. The molecule has 6 nitrogen and oxygen atoms in total. The third-order valence-corrected chi connectivity index (χ3v) is 7.18. The third kappa shape index (κ3) is 5.00. The van der Waals surface area contributed by atoms with Crippen LogP contribution in [-0.2, 0) is 4.79 Å². The molecule has 1 aliphatic heterocycles. The van der Waals surface area contributed by atoms with Crippen molar-refractivity contribution >= 4 is 28.9 Å². The van der Waals surface area contributed by atoms with Crippen LogP contribution in [0, 0.1) is 27.7 Å². The Balaban J connectivity index is 1.55. The Morgan fingerprint density at radius 3 is 2.35 bits per heavy atom. The lowest BCUT2D eigenvalue weighted by molar-refractivity contribution is -0.116. The molecular formula is C30H31N5OS. The molecule has 2 aromatic heterocycles. The van der Waals surface area contributed by atoms with Crippen molar-refractivity contribution < 1.29 is 4.79 Å². The number of anilines is 1. The number of aryl methyl sites for hydroxylation is 3. The van der Waals surface area contributed by atoms with Crippen molar-refractivity contribution in [3.63, 3.8) is 0 Å². The quantitative estimate of drug-likeness (QED) is 0.326. The van der Waals surface area contributed by atoms with E-state index in [-0.39, 0.29) is 24.5 Å². The molecule has 2 N–H and O–H groups in total. The van der Waals surface area contributed by atoms with Gasteiger partial charge in [-0.05, 0) is 99.1 Å². The van der Waals surface area contributed by atoms with Crippen LogP contribution < -0.4 is 10.6 Å². The molecule has 0 aliphatic carbocycles. The molecule has 1 amide bonds. The summed E-state index contributed by atoms with van der Waals surface area (Å²) < 4.78 is 2.29. The van der Waals surface area contributed by atoms with E-state index >= 15 is 0 Å². The number of amides is 1. The van der Waals surface area contributed by atoms with Crippen LogP contribution in [0.3, 0.4) is 0 Å². The highest BCUT2D eigenvalue weighted by Crippen LogP contribution is 2.41. The van der Waals surface area contributed by atoms with Gasteiger partial charge in [-0.3, -0.25) is 9.78 Å². The minimum absolute atomic E-state index is 0.120. The van der Waals surface area contributed by atoms with Gasteiger partial charge in [0.25, 0.3) is 0 Å². The average Bonchev–Trinajstić information content (AvgIpc) is 3.34. The number of thiocarbonyl (C=S) groups is 1. The minimum Gasteiger partial charge on any atom is -0.352 e. The summed E-state index contributed by atoms with van der Waals surface area (Å²) in [6, 6.07) is 23.8. The molecule has 1 fully saturated rings. The Morgan fingerprint density at radius 2 is 1.68 bits per heavy atom. The molecule has 0 bridgehead atoms. The normalized spacial score (nSPS) is 17.1. The van der Waals surface area contributed by atoms with Crippen molar-refractivity contribution in [3.8, 4) is 5.69 Å². The van der Waals surface area contributed by atoms with Gasteiger partial charge >= 0.3 is 0 Å². The Morgan fingerprint density at radius 1 is 0.973 bits per heavy atom. The zero-order valence-corrected chi connectivity index (χ0v) is 22.3. The van der Waals surface area contributed by atoms with Crippen LogP contribution in [0.5, 0.6) is 0 Å². The molecule has 3 heterocycles. The summed E-state index contributed by atoms with van der Waals surface area (Å²) in [6.07, 6.45) is 1.79. The fourth-order valence-electron chi connectivity index (χ4n) is 5.36. The van der Waals surface area contributed by atoms with Gasteiger partial charge in [0, 0.05) is 29.0 Å². The van der Waals surface area contributed by atoms with Gasteiger partial charge in [-0.25, -0.2) is 0 Å². The Bertz CT molecular complexity index is 1430. The number of carbonyl (C=O) groups is 1. The standard InChI is InChI=1S/C30H31N5OS/c1-19-14-20(2)16-24(15-19)35-21(3)17-25(22(35)4)29-28(26-12-8-9-13-31-26)33-30(37)34(29)18-27(36)32-23-10-6-5-7-11-23/h5-17,28-29H,18H2,1-4H3,(H,32,36)(H,33,37). The molecule has 188 valence electrons. The fourth-order valence-corrected chi connectivity index (χ4v) is 5.66. The van der Waals surface area contributed by atoms with Crippen LogP contribution in [0.4, 0.5) is 5.69 Å². The van der Waals surface area contributed by atoms with Crippen molar-refractivity contribution in [1.82, 2.24) is 19.8 Å². The largest absolute Gasteiger partial charge is 0.352 e. The molecule has 1 aliphatic rings. The highest BCUT2D eigenvalue weighted by molar-refractivity contribution is 7.80. The fraction of sp³-hybridized carbons (Fsp3) is 0.233. The number of rotatable bonds is 6. The van der Waals surface area contributed by atoms with Crippen molar-refractivity contribution in [3.05, 3.63) is 113 Å². The average molecular weight is 510 g/mol. The van der Waals surface area contributed by atoms with Gasteiger partial charge in [0.1, 0.15) is 6.54 Å². The summed E-state index contributed by atoms with van der Waals surface area (Å²) in [7, 11) is 0. The molecule has 4 aromatic rings. The summed E-state index contributed by atoms with van der Waals surface area (Å²) in [5.41, 5.74) is 8.59. The van der Waals surface area contributed by atoms with Crippen LogP contribution in [-0.4, -0.2) is 32.0 Å². The molecular weight excluding hydrogens is 478 g/mol. The second-order valence-electron chi connectivity index (χ2n) is 9.68. The molecule has 2 unspecified atom stereocenters. The van der Waals surface area contributed by atoms with Crippen LogP contribution in [0.25, 0.3) is 5.69 Å². The second kappa shape index (κ2) is 10.2. The highest BCUT2D eigenvalue weighted by atomic mass is 32.1. The van der Waals surface area contributed by atoms with Gasteiger partial charge in [-0.15, -0.1) is 0 Å². The third-order valence-electron chi connectivity index (χ3n) is 6.82. The lowest BCUT2D eigenvalue weighted by Gasteiger charge is -2.27. The van der Waals surface area contributed by atoms with E-state index in [9.17, 15) is 4.79 Å². The van der Waals surface area contributed by atoms with Crippen molar-refractivity contribution in [2.75, 3.05) is 11.9 Å². The van der Waals surface area contributed by atoms with Crippen LogP contribution in [0.1, 0.15) is 45.9 Å². The van der Waals surface area contributed by atoms with E-state index in [1.807, 2.05) is 53.4 Å². The second-order valence-corrected chi connectivity index (χ2v) is 10.1. The summed E-state index contributed by atoms with van der Waals surface area (Å²) >= 11 is 5.79. The number of para-hydroxylation sites is 1. The van der Waals surface area contributed by atoms with Gasteiger partial charge < -0.3 is 20.1 Å². The van der Waals surface area contributed by atoms with E-state index in [4.69, 9.17) is 12.2 Å². The van der Waals surface area contributed by atoms with E-state index < -0.39 is 0 Å². The lowest BCUT2D eigenvalue weighted by atomic mass is 9.96. The van der Waals surface area contributed by atoms with Gasteiger partial charge in [-0.2, -0.15) is 0 Å². The minimum atomic E-state index is -0.199. The number of pyridine rings is 1. The van der Waals surface area contributed by atoms with Gasteiger partial charge in [0.15, 0.2) is 5.11 Å². The monoisotopic (exact) mass is 509 g/mol.